The molecular formula is C13H12BrClN2O2S. The monoisotopic (exact) mass is 374 g/mol. The van der Waals surface area contributed by atoms with E-state index in [2.05, 4.69) is 20.7 Å². The van der Waals surface area contributed by atoms with Crippen LogP contribution < -0.4 is 10.5 Å². The summed E-state index contributed by atoms with van der Waals surface area (Å²) in [7, 11) is -3.72. The summed E-state index contributed by atoms with van der Waals surface area (Å²) in [6, 6.07) is 9.71. The van der Waals surface area contributed by atoms with Crippen LogP contribution in [0.15, 0.2) is 45.8 Å². The first-order valence-electron chi connectivity index (χ1n) is 5.65. The molecule has 0 aliphatic heterocycles. The van der Waals surface area contributed by atoms with E-state index in [1.165, 1.54) is 6.07 Å². The summed E-state index contributed by atoms with van der Waals surface area (Å²) in [4.78, 5) is 0.143. The molecule has 0 aromatic heterocycles. The van der Waals surface area contributed by atoms with Gasteiger partial charge in [-0.1, -0.05) is 23.7 Å². The summed E-state index contributed by atoms with van der Waals surface area (Å²) < 4.78 is 27.8. The SMILES string of the molecule is Cc1c(N)cccc1S(=O)(=O)Nc1cccc(Cl)c1Br. The zero-order chi connectivity index (χ0) is 14.9. The predicted molar refractivity (Wildman–Crippen MR) is 85.6 cm³/mol. The Kier molecular flexibility index (Phi) is 4.27. The van der Waals surface area contributed by atoms with Gasteiger partial charge in [0.05, 0.1) is 20.1 Å². The summed E-state index contributed by atoms with van der Waals surface area (Å²) in [5.41, 5.74) is 7.06. The van der Waals surface area contributed by atoms with E-state index in [1.807, 2.05) is 0 Å². The topological polar surface area (TPSA) is 72.2 Å². The molecule has 0 spiro atoms. The standard InChI is InChI=1S/C13H12BrClN2O2S/c1-8-10(16)5-3-7-12(8)20(18,19)17-11-6-2-4-9(15)13(11)14/h2-7,17H,16H2,1H3. The van der Waals surface area contributed by atoms with Crippen LogP contribution in [-0.4, -0.2) is 8.42 Å². The number of hydrogen-bond acceptors (Lipinski definition) is 3. The number of nitrogens with two attached hydrogens (primary N) is 1. The molecule has 0 bridgehead atoms. The Balaban J connectivity index is 2.47. The zero-order valence-corrected chi connectivity index (χ0v) is 13.7. The Morgan fingerprint density at radius 3 is 2.55 bits per heavy atom. The molecule has 0 radical (unpaired) electrons. The first kappa shape index (κ1) is 15.2. The Labute approximate surface area is 131 Å². The van der Waals surface area contributed by atoms with Crippen molar-refractivity contribution in [3.05, 3.63) is 51.5 Å². The molecule has 0 atom stereocenters. The molecular weight excluding hydrogens is 364 g/mol. The number of nitrogen functional groups attached to an aromatic ring is 1. The van der Waals surface area contributed by atoms with Gasteiger partial charge in [-0.3, -0.25) is 4.72 Å². The Morgan fingerprint density at radius 1 is 1.20 bits per heavy atom. The van der Waals surface area contributed by atoms with Crippen molar-refractivity contribution in [1.82, 2.24) is 0 Å². The molecule has 0 aliphatic rings. The normalized spacial score (nSPS) is 11.3. The molecule has 20 heavy (non-hydrogen) atoms. The Bertz CT molecular complexity index is 763. The van der Waals surface area contributed by atoms with Gasteiger partial charge in [0.1, 0.15) is 0 Å². The highest BCUT2D eigenvalue weighted by atomic mass is 79.9. The van der Waals surface area contributed by atoms with Crippen molar-refractivity contribution in [2.24, 2.45) is 0 Å². The van der Waals surface area contributed by atoms with Crippen molar-refractivity contribution in [3.8, 4) is 0 Å². The van der Waals surface area contributed by atoms with Crippen LogP contribution in [0.4, 0.5) is 11.4 Å². The highest BCUT2D eigenvalue weighted by Gasteiger charge is 2.19. The molecule has 2 aromatic rings. The van der Waals surface area contributed by atoms with E-state index in [-0.39, 0.29) is 4.90 Å². The first-order chi connectivity index (χ1) is 9.33. The quantitative estimate of drug-likeness (QED) is 0.802. The van der Waals surface area contributed by atoms with Crippen molar-refractivity contribution in [3.63, 3.8) is 0 Å². The minimum absolute atomic E-state index is 0.143. The van der Waals surface area contributed by atoms with Crippen LogP contribution in [0, 0.1) is 6.92 Å². The first-order valence-corrected chi connectivity index (χ1v) is 8.30. The van der Waals surface area contributed by atoms with Crippen LogP contribution in [0.2, 0.25) is 5.02 Å². The molecule has 7 heteroatoms. The van der Waals surface area contributed by atoms with Crippen LogP contribution >= 0.6 is 27.5 Å². The summed E-state index contributed by atoms with van der Waals surface area (Å²) in [5, 5.41) is 0.425. The summed E-state index contributed by atoms with van der Waals surface area (Å²) in [6.45, 7) is 1.66. The molecule has 0 saturated carbocycles. The number of rotatable bonds is 3. The fourth-order valence-electron chi connectivity index (χ4n) is 1.70. The fraction of sp³-hybridized carbons (Fsp3) is 0.0769. The van der Waals surface area contributed by atoms with E-state index in [0.717, 1.165) is 0 Å². The van der Waals surface area contributed by atoms with E-state index in [1.54, 1.807) is 37.3 Å². The summed E-state index contributed by atoms with van der Waals surface area (Å²) in [5.74, 6) is 0. The van der Waals surface area contributed by atoms with Crippen LogP contribution in [-0.2, 0) is 10.0 Å². The number of nitrogens with one attached hydrogen (secondary N) is 1. The van der Waals surface area contributed by atoms with E-state index in [4.69, 9.17) is 17.3 Å². The maximum atomic E-state index is 12.4. The second kappa shape index (κ2) is 5.63. The zero-order valence-electron chi connectivity index (χ0n) is 10.5. The largest absolute Gasteiger partial charge is 0.398 e. The highest BCUT2D eigenvalue weighted by Crippen LogP contribution is 2.32. The number of hydrogen-bond donors (Lipinski definition) is 2. The number of sulfonamides is 1. The second-order valence-corrected chi connectivity index (χ2v) is 7.03. The van der Waals surface area contributed by atoms with Gasteiger partial charge in [-0.2, -0.15) is 0 Å². The summed E-state index contributed by atoms with van der Waals surface area (Å²) in [6.07, 6.45) is 0. The number of benzene rings is 2. The van der Waals surface area contributed by atoms with Gasteiger partial charge in [0.25, 0.3) is 10.0 Å². The number of halogens is 2. The van der Waals surface area contributed by atoms with E-state index in [9.17, 15) is 8.42 Å². The molecule has 0 saturated heterocycles. The van der Waals surface area contributed by atoms with Gasteiger partial charge in [0, 0.05) is 5.69 Å². The lowest BCUT2D eigenvalue weighted by Gasteiger charge is -2.13. The molecule has 0 aliphatic carbocycles. The van der Waals surface area contributed by atoms with Crippen molar-refractivity contribution in [2.45, 2.75) is 11.8 Å². The van der Waals surface area contributed by atoms with Gasteiger partial charge in [-0.05, 0) is 52.7 Å². The van der Waals surface area contributed by atoms with Gasteiger partial charge in [-0.25, -0.2) is 8.42 Å². The van der Waals surface area contributed by atoms with E-state index >= 15 is 0 Å². The fourth-order valence-corrected chi connectivity index (χ4v) is 3.72. The van der Waals surface area contributed by atoms with Gasteiger partial charge in [-0.15, -0.1) is 0 Å². The predicted octanol–water partition coefficient (Wildman–Crippen LogP) is 3.79. The Morgan fingerprint density at radius 2 is 1.85 bits per heavy atom. The molecule has 4 nitrogen and oxygen atoms in total. The maximum absolute atomic E-state index is 12.4. The minimum atomic E-state index is -3.72. The molecule has 0 fully saturated rings. The van der Waals surface area contributed by atoms with Crippen LogP contribution in [0.25, 0.3) is 0 Å². The molecule has 0 heterocycles. The molecule has 0 amide bonds. The highest BCUT2D eigenvalue weighted by molar-refractivity contribution is 9.10. The third-order valence-electron chi connectivity index (χ3n) is 2.81. The van der Waals surface area contributed by atoms with Gasteiger partial charge >= 0.3 is 0 Å². The average molecular weight is 376 g/mol. The van der Waals surface area contributed by atoms with E-state index < -0.39 is 10.0 Å². The average Bonchev–Trinajstić information content (AvgIpc) is 2.38. The lowest BCUT2D eigenvalue weighted by Crippen LogP contribution is -2.15. The van der Waals surface area contributed by atoms with E-state index in [0.29, 0.717) is 26.4 Å². The molecule has 3 N–H and O–H groups in total. The lowest BCUT2D eigenvalue weighted by atomic mass is 10.2. The van der Waals surface area contributed by atoms with Crippen molar-refractivity contribution in [1.29, 1.82) is 0 Å². The summed E-state index contributed by atoms with van der Waals surface area (Å²) >= 11 is 9.20. The van der Waals surface area contributed by atoms with Crippen molar-refractivity contribution in [2.75, 3.05) is 10.5 Å². The van der Waals surface area contributed by atoms with Crippen LogP contribution in [0.1, 0.15) is 5.56 Å². The third kappa shape index (κ3) is 2.92. The smallest absolute Gasteiger partial charge is 0.262 e. The van der Waals surface area contributed by atoms with Crippen LogP contribution in [0.5, 0.6) is 0 Å². The Hall–Kier alpha value is -1.24. The molecule has 2 rings (SSSR count). The van der Waals surface area contributed by atoms with Crippen molar-refractivity contribution < 1.29 is 8.42 Å². The second-order valence-electron chi connectivity index (χ2n) is 4.18. The van der Waals surface area contributed by atoms with Gasteiger partial charge in [0.15, 0.2) is 0 Å². The minimum Gasteiger partial charge on any atom is -0.398 e. The molecule has 2 aromatic carbocycles. The number of anilines is 2. The molecule has 0 unspecified atom stereocenters. The third-order valence-corrected chi connectivity index (χ3v) is 5.72. The van der Waals surface area contributed by atoms with Crippen LogP contribution in [0.3, 0.4) is 0 Å². The lowest BCUT2D eigenvalue weighted by molar-refractivity contribution is 0.600. The van der Waals surface area contributed by atoms with Crippen molar-refractivity contribution >= 4 is 48.9 Å². The maximum Gasteiger partial charge on any atom is 0.262 e. The van der Waals surface area contributed by atoms with Gasteiger partial charge in [0.2, 0.25) is 0 Å². The molecule has 106 valence electrons. The van der Waals surface area contributed by atoms with Gasteiger partial charge < -0.3 is 5.73 Å².